The molecule has 3 aromatic heterocycles. The standard InChI is InChI=1S/C17H23N7O2S/c1-2-11-9-23(27(25,26)22-12-4-3-5-12)10-13(11)17-21-20-15-8-19-16-14(24(15)17)6-7-18-16/h6-8,11-13,18,22H,2-5,9-10H2,1H3/t11-,13+/m1/s1. The Hall–Kier alpha value is -2.04. The second-order valence-corrected chi connectivity index (χ2v) is 9.27. The summed E-state index contributed by atoms with van der Waals surface area (Å²) in [6.07, 6.45) is 7.38. The van der Waals surface area contributed by atoms with Crippen molar-refractivity contribution in [2.45, 2.75) is 44.6 Å². The third-order valence-electron chi connectivity index (χ3n) is 5.99. The number of hydrogen-bond donors (Lipinski definition) is 2. The Kier molecular flexibility index (Phi) is 3.95. The summed E-state index contributed by atoms with van der Waals surface area (Å²) in [5.74, 6) is 1.02. The van der Waals surface area contributed by atoms with Crippen molar-refractivity contribution >= 4 is 27.0 Å². The SMILES string of the molecule is CC[C@@H]1CN(S(=O)(=O)NC2CCC2)C[C@@H]1c1nnc2cnc3[nH]ccc3n12. The van der Waals surface area contributed by atoms with E-state index in [0.29, 0.717) is 18.7 Å². The zero-order valence-electron chi connectivity index (χ0n) is 15.2. The van der Waals surface area contributed by atoms with E-state index in [1.807, 2.05) is 16.7 Å². The van der Waals surface area contributed by atoms with Crippen LogP contribution in [-0.4, -0.2) is 56.4 Å². The van der Waals surface area contributed by atoms with E-state index >= 15 is 0 Å². The van der Waals surface area contributed by atoms with E-state index in [1.165, 1.54) is 0 Å². The quantitative estimate of drug-likeness (QED) is 0.686. The van der Waals surface area contributed by atoms with Crippen molar-refractivity contribution in [1.82, 2.24) is 33.6 Å². The topological polar surface area (TPSA) is 108 Å². The molecule has 1 saturated heterocycles. The third kappa shape index (κ3) is 2.74. The lowest BCUT2D eigenvalue weighted by Crippen LogP contribution is -2.47. The predicted molar refractivity (Wildman–Crippen MR) is 100 cm³/mol. The molecule has 1 saturated carbocycles. The number of hydrogen-bond acceptors (Lipinski definition) is 5. The summed E-state index contributed by atoms with van der Waals surface area (Å²) in [6, 6.07) is 2.04. The van der Waals surface area contributed by atoms with Crippen molar-refractivity contribution < 1.29 is 8.42 Å². The lowest BCUT2D eigenvalue weighted by Gasteiger charge is -2.28. The number of nitrogens with one attached hydrogen (secondary N) is 2. The van der Waals surface area contributed by atoms with Crippen LogP contribution >= 0.6 is 0 Å². The van der Waals surface area contributed by atoms with E-state index in [0.717, 1.165) is 42.7 Å². The monoisotopic (exact) mass is 389 g/mol. The number of H-pyrrole nitrogens is 1. The van der Waals surface area contributed by atoms with Gasteiger partial charge in [0.05, 0.1) is 11.7 Å². The summed E-state index contributed by atoms with van der Waals surface area (Å²) in [5.41, 5.74) is 2.36. The second-order valence-electron chi connectivity index (χ2n) is 7.56. The van der Waals surface area contributed by atoms with Crippen molar-refractivity contribution in [3.63, 3.8) is 0 Å². The maximum Gasteiger partial charge on any atom is 0.279 e. The normalized spacial score (nSPS) is 24.8. The molecule has 3 aromatic rings. The largest absolute Gasteiger partial charge is 0.345 e. The molecule has 0 unspecified atom stereocenters. The van der Waals surface area contributed by atoms with Gasteiger partial charge in [-0.05, 0) is 24.8 Å². The maximum absolute atomic E-state index is 12.8. The molecule has 2 N–H and O–H groups in total. The Morgan fingerprint density at radius 2 is 2.15 bits per heavy atom. The smallest absolute Gasteiger partial charge is 0.279 e. The minimum Gasteiger partial charge on any atom is -0.345 e. The highest BCUT2D eigenvalue weighted by Gasteiger charge is 2.41. The van der Waals surface area contributed by atoms with Gasteiger partial charge in [-0.1, -0.05) is 19.8 Å². The average Bonchev–Trinajstić information content (AvgIpc) is 3.33. The molecule has 0 bridgehead atoms. The first kappa shape index (κ1) is 17.1. The first-order chi connectivity index (χ1) is 13.1. The summed E-state index contributed by atoms with van der Waals surface area (Å²) in [6.45, 7) is 3.04. The number of rotatable bonds is 5. The Morgan fingerprint density at radius 3 is 2.89 bits per heavy atom. The van der Waals surface area contributed by atoms with Crippen LogP contribution < -0.4 is 4.72 Å². The fourth-order valence-electron chi connectivity index (χ4n) is 4.18. The first-order valence-electron chi connectivity index (χ1n) is 9.51. The van der Waals surface area contributed by atoms with E-state index in [9.17, 15) is 8.42 Å². The van der Waals surface area contributed by atoms with Crippen LogP contribution in [0.25, 0.3) is 16.8 Å². The molecule has 0 spiro atoms. The molecule has 0 amide bonds. The van der Waals surface area contributed by atoms with Gasteiger partial charge < -0.3 is 4.98 Å². The highest BCUT2D eigenvalue weighted by molar-refractivity contribution is 7.87. The summed E-state index contributed by atoms with van der Waals surface area (Å²) in [5, 5.41) is 8.70. The molecule has 5 rings (SSSR count). The van der Waals surface area contributed by atoms with Gasteiger partial charge in [0.15, 0.2) is 11.3 Å². The van der Waals surface area contributed by atoms with Gasteiger partial charge >= 0.3 is 0 Å². The Morgan fingerprint density at radius 1 is 1.30 bits per heavy atom. The number of nitrogens with zero attached hydrogens (tertiary/aromatic N) is 5. The van der Waals surface area contributed by atoms with Crippen LogP contribution in [0.5, 0.6) is 0 Å². The third-order valence-corrected chi connectivity index (χ3v) is 7.60. The van der Waals surface area contributed by atoms with Gasteiger partial charge in [0.25, 0.3) is 10.2 Å². The Bertz CT molecular complexity index is 1090. The van der Waals surface area contributed by atoms with Crippen molar-refractivity contribution in [2.24, 2.45) is 5.92 Å². The van der Waals surface area contributed by atoms with Crippen LogP contribution in [0.3, 0.4) is 0 Å². The minimum atomic E-state index is -3.46. The van der Waals surface area contributed by atoms with Crippen LogP contribution in [-0.2, 0) is 10.2 Å². The van der Waals surface area contributed by atoms with E-state index in [1.54, 1.807) is 10.5 Å². The molecular formula is C17H23N7O2S. The fraction of sp³-hybridized carbons (Fsp3) is 0.588. The molecule has 144 valence electrons. The molecule has 0 aromatic carbocycles. The lowest BCUT2D eigenvalue weighted by atomic mass is 9.93. The van der Waals surface area contributed by atoms with Crippen LogP contribution in [0.1, 0.15) is 44.3 Å². The molecule has 0 radical (unpaired) electrons. The Balaban J connectivity index is 1.51. The molecule has 4 heterocycles. The molecule has 9 nitrogen and oxygen atoms in total. The number of fused-ring (bicyclic) bond motifs is 3. The number of aromatic nitrogens is 5. The second kappa shape index (κ2) is 6.25. The van der Waals surface area contributed by atoms with Gasteiger partial charge in [0, 0.05) is 31.2 Å². The van der Waals surface area contributed by atoms with E-state index in [-0.39, 0.29) is 17.9 Å². The van der Waals surface area contributed by atoms with Gasteiger partial charge in [0.1, 0.15) is 5.82 Å². The molecule has 1 aliphatic heterocycles. The molecule has 2 aliphatic rings. The van der Waals surface area contributed by atoms with Crippen LogP contribution in [0.15, 0.2) is 18.5 Å². The highest BCUT2D eigenvalue weighted by Crippen LogP contribution is 2.36. The van der Waals surface area contributed by atoms with Crippen molar-refractivity contribution in [2.75, 3.05) is 13.1 Å². The van der Waals surface area contributed by atoms with E-state index in [4.69, 9.17) is 0 Å². The van der Waals surface area contributed by atoms with Crippen LogP contribution in [0.4, 0.5) is 0 Å². The molecular weight excluding hydrogens is 366 g/mol. The van der Waals surface area contributed by atoms with Gasteiger partial charge in [-0.3, -0.25) is 4.40 Å². The predicted octanol–water partition coefficient (Wildman–Crippen LogP) is 1.42. The molecule has 2 fully saturated rings. The summed E-state index contributed by atoms with van der Waals surface area (Å²) >= 11 is 0. The zero-order chi connectivity index (χ0) is 18.6. The zero-order valence-corrected chi connectivity index (χ0v) is 16.0. The van der Waals surface area contributed by atoms with Crippen molar-refractivity contribution in [3.8, 4) is 0 Å². The number of aromatic amines is 1. The van der Waals surface area contributed by atoms with Crippen LogP contribution in [0, 0.1) is 5.92 Å². The van der Waals surface area contributed by atoms with Crippen molar-refractivity contribution in [3.05, 3.63) is 24.3 Å². The summed E-state index contributed by atoms with van der Waals surface area (Å²) in [4.78, 5) is 7.46. The molecule has 2 atom stereocenters. The Labute approximate surface area is 157 Å². The van der Waals surface area contributed by atoms with E-state index < -0.39 is 10.2 Å². The van der Waals surface area contributed by atoms with Crippen LogP contribution in [0.2, 0.25) is 0 Å². The van der Waals surface area contributed by atoms with Gasteiger partial charge in [-0.2, -0.15) is 17.4 Å². The maximum atomic E-state index is 12.8. The minimum absolute atomic E-state index is 0.00321. The average molecular weight is 389 g/mol. The summed E-state index contributed by atoms with van der Waals surface area (Å²) in [7, 11) is -3.46. The molecule has 27 heavy (non-hydrogen) atoms. The molecule has 10 heteroatoms. The lowest BCUT2D eigenvalue weighted by molar-refractivity contribution is 0.364. The fourth-order valence-corrected chi connectivity index (χ4v) is 5.73. The van der Waals surface area contributed by atoms with Gasteiger partial charge in [-0.15, -0.1) is 10.2 Å². The first-order valence-corrected chi connectivity index (χ1v) is 11.0. The van der Waals surface area contributed by atoms with E-state index in [2.05, 4.69) is 31.8 Å². The van der Waals surface area contributed by atoms with Gasteiger partial charge in [0.2, 0.25) is 0 Å². The highest BCUT2D eigenvalue weighted by atomic mass is 32.2. The molecule has 1 aliphatic carbocycles. The van der Waals surface area contributed by atoms with Crippen molar-refractivity contribution in [1.29, 1.82) is 0 Å². The van der Waals surface area contributed by atoms with Gasteiger partial charge in [-0.25, -0.2) is 4.98 Å². The summed E-state index contributed by atoms with van der Waals surface area (Å²) < 4.78 is 32.0.